The van der Waals surface area contributed by atoms with Gasteiger partial charge in [-0.2, -0.15) is 0 Å². The van der Waals surface area contributed by atoms with Crippen LogP contribution in [0.5, 0.6) is 0 Å². The molecule has 2 rings (SSSR count). The summed E-state index contributed by atoms with van der Waals surface area (Å²) < 4.78 is 5.68. The van der Waals surface area contributed by atoms with E-state index in [0.717, 1.165) is 19.4 Å². The molecule has 1 N–H and O–H groups in total. The molecule has 0 spiro atoms. The van der Waals surface area contributed by atoms with Crippen LogP contribution in [0.4, 0.5) is 0 Å². The topological polar surface area (TPSA) is 41.6 Å². The lowest BCUT2D eigenvalue weighted by Gasteiger charge is -2.35. The highest BCUT2D eigenvalue weighted by molar-refractivity contribution is 5.81. The molecule has 3 unspecified atom stereocenters. The number of hydrogen-bond acceptors (Lipinski definition) is 3. The smallest absolute Gasteiger partial charge is 0.238 e. The van der Waals surface area contributed by atoms with Crippen LogP contribution in [0.1, 0.15) is 33.6 Å². The maximum Gasteiger partial charge on any atom is 0.238 e. The summed E-state index contributed by atoms with van der Waals surface area (Å²) >= 11 is 0. The fourth-order valence-electron chi connectivity index (χ4n) is 2.74. The summed E-state index contributed by atoms with van der Waals surface area (Å²) in [5, 5.41) is 3.28. The first-order valence-electron chi connectivity index (χ1n) is 6.27. The molecule has 3 atom stereocenters. The van der Waals surface area contributed by atoms with Crippen LogP contribution < -0.4 is 5.32 Å². The Kier molecular flexibility index (Phi) is 3.50. The minimum atomic E-state index is 0.173. The van der Waals surface area contributed by atoms with Crippen molar-refractivity contribution >= 4 is 5.91 Å². The number of hydrogen-bond donors (Lipinski definition) is 1. The number of nitrogens with zero attached hydrogens (tertiary/aromatic N) is 1. The van der Waals surface area contributed by atoms with E-state index in [2.05, 4.69) is 26.1 Å². The van der Waals surface area contributed by atoms with E-state index in [4.69, 9.17) is 4.74 Å². The quantitative estimate of drug-likeness (QED) is 0.779. The van der Waals surface area contributed by atoms with Gasteiger partial charge in [-0.05, 0) is 25.7 Å². The van der Waals surface area contributed by atoms with Crippen molar-refractivity contribution in [3.05, 3.63) is 0 Å². The van der Waals surface area contributed by atoms with Crippen molar-refractivity contribution in [3.63, 3.8) is 0 Å². The van der Waals surface area contributed by atoms with Crippen LogP contribution in [0.15, 0.2) is 0 Å². The molecule has 0 aromatic rings. The lowest BCUT2D eigenvalue weighted by molar-refractivity contribution is -0.133. The molecule has 2 heterocycles. The van der Waals surface area contributed by atoms with Crippen LogP contribution in [-0.2, 0) is 9.53 Å². The lowest BCUT2D eigenvalue weighted by Crippen LogP contribution is -2.50. The van der Waals surface area contributed by atoms with Gasteiger partial charge in [0.15, 0.2) is 0 Å². The Morgan fingerprint density at radius 2 is 2.19 bits per heavy atom. The van der Waals surface area contributed by atoms with Crippen LogP contribution >= 0.6 is 0 Å². The summed E-state index contributed by atoms with van der Waals surface area (Å²) in [5.74, 6) is 0.650. The summed E-state index contributed by atoms with van der Waals surface area (Å²) in [6.07, 6.45) is 2.60. The van der Waals surface area contributed by atoms with Crippen molar-refractivity contribution in [2.75, 3.05) is 13.2 Å². The molecule has 4 heteroatoms. The number of nitrogens with one attached hydrogen (secondary N) is 1. The predicted octanol–water partition coefficient (Wildman–Crippen LogP) is 0.968. The van der Waals surface area contributed by atoms with E-state index in [0.29, 0.717) is 12.5 Å². The Morgan fingerprint density at radius 3 is 2.75 bits per heavy atom. The molecule has 16 heavy (non-hydrogen) atoms. The lowest BCUT2D eigenvalue weighted by atomic mass is 10.0. The van der Waals surface area contributed by atoms with E-state index in [-0.39, 0.29) is 24.2 Å². The second-order valence-electron chi connectivity index (χ2n) is 5.16. The number of rotatable bonds is 3. The van der Waals surface area contributed by atoms with Gasteiger partial charge in [0.05, 0.1) is 24.9 Å². The molecule has 2 aliphatic heterocycles. The Balaban J connectivity index is 2.07. The Bertz CT molecular complexity index is 262. The molecule has 0 saturated carbocycles. The highest BCUT2D eigenvalue weighted by atomic mass is 16.5. The third kappa shape index (κ3) is 2.09. The van der Waals surface area contributed by atoms with Gasteiger partial charge in [-0.15, -0.1) is 0 Å². The van der Waals surface area contributed by atoms with Crippen molar-refractivity contribution < 1.29 is 9.53 Å². The zero-order valence-corrected chi connectivity index (χ0v) is 10.4. The molecule has 2 aliphatic rings. The largest absolute Gasteiger partial charge is 0.376 e. The van der Waals surface area contributed by atoms with Crippen LogP contribution in [0.2, 0.25) is 0 Å². The van der Waals surface area contributed by atoms with Crippen LogP contribution in [0.3, 0.4) is 0 Å². The van der Waals surface area contributed by atoms with Gasteiger partial charge >= 0.3 is 0 Å². The minimum Gasteiger partial charge on any atom is -0.376 e. The van der Waals surface area contributed by atoms with Gasteiger partial charge in [-0.25, -0.2) is 0 Å². The highest BCUT2D eigenvalue weighted by Crippen LogP contribution is 2.24. The Labute approximate surface area is 97.3 Å². The summed E-state index contributed by atoms with van der Waals surface area (Å²) in [6.45, 7) is 7.71. The zero-order valence-electron chi connectivity index (χ0n) is 10.4. The van der Waals surface area contributed by atoms with Crippen molar-refractivity contribution in [3.8, 4) is 0 Å². The standard InChI is InChI=1S/C12H22N2O2/c1-8(2)12-13-7-11(15)14(12)9(3)10-5-4-6-16-10/h8-10,12-13H,4-7H2,1-3H3. The van der Waals surface area contributed by atoms with Gasteiger partial charge in [0.1, 0.15) is 0 Å². The van der Waals surface area contributed by atoms with E-state index in [1.165, 1.54) is 0 Å². The van der Waals surface area contributed by atoms with Gasteiger partial charge in [0.2, 0.25) is 5.91 Å². The van der Waals surface area contributed by atoms with Crippen molar-refractivity contribution in [1.82, 2.24) is 10.2 Å². The third-order valence-corrected chi connectivity index (χ3v) is 3.62. The second-order valence-corrected chi connectivity index (χ2v) is 5.16. The fraction of sp³-hybridized carbons (Fsp3) is 0.917. The fourth-order valence-corrected chi connectivity index (χ4v) is 2.74. The average molecular weight is 226 g/mol. The molecule has 2 fully saturated rings. The summed E-state index contributed by atoms with van der Waals surface area (Å²) in [7, 11) is 0. The van der Waals surface area contributed by atoms with Crippen LogP contribution in [0.25, 0.3) is 0 Å². The van der Waals surface area contributed by atoms with Crippen LogP contribution in [-0.4, -0.2) is 42.3 Å². The number of amides is 1. The maximum absolute atomic E-state index is 11.9. The normalized spacial score (nSPS) is 32.8. The first-order valence-corrected chi connectivity index (χ1v) is 6.27. The SMILES string of the molecule is CC(C)C1NCC(=O)N1C(C)C1CCCO1. The van der Waals surface area contributed by atoms with E-state index in [1.807, 2.05) is 4.90 Å². The van der Waals surface area contributed by atoms with Crippen molar-refractivity contribution in [2.24, 2.45) is 5.92 Å². The Hall–Kier alpha value is -0.610. The predicted molar refractivity (Wildman–Crippen MR) is 61.9 cm³/mol. The number of ether oxygens (including phenoxy) is 1. The number of carbonyl (C=O) groups excluding carboxylic acids is 1. The van der Waals surface area contributed by atoms with Gasteiger partial charge < -0.3 is 9.64 Å². The molecule has 2 saturated heterocycles. The molecule has 0 radical (unpaired) electrons. The van der Waals surface area contributed by atoms with Crippen LogP contribution in [0, 0.1) is 5.92 Å². The van der Waals surface area contributed by atoms with Gasteiger partial charge in [0, 0.05) is 6.61 Å². The van der Waals surface area contributed by atoms with E-state index in [9.17, 15) is 4.79 Å². The minimum absolute atomic E-state index is 0.173. The molecular weight excluding hydrogens is 204 g/mol. The Morgan fingerprint density at radius 1 is 1.44 bits per heavy atom. The van der Waals surface area contributed by atoms with Gasteiger partial charge in [-0.1, -0.05) is 13.8 Å². The molecule has 0 aliphatic carbocycles. The first kappa shape index (κ1) is 11.9. The molecule has 0 aromatic heterocycles. The molecule has 92 valence electrons. The van der Waals surface area contributed by atoms with E-state index < -0.39 is 0 Å². The second kappa shape index (κ2) is 4.72. The van der Waals surface area contributed by atoms with Gasteiger partial charge in [-0.3, -0.25) is 10.1 Å². The summed E-state index contributed by atoms with van der Waals surface area (Å²) in [5.41, 5.74) is 0. The molecule has 1 amide bonds. The molecule has 4 nitrogen and oxygen atoms in total. The average Bonchev–Trinajstić information content (AvgIpc) is 2.84. The zero-order chi connectivity index (χ0) is 11.7. The monoisotopic (exact) mass is 226 g/mol. The molecular formula is C12H22N2O2. The first-order chi connectivity index (χ1) is 7.61. The van der Waals surface area contributed by atoms with Crippen molar-refractivity contribution in [2.45, 2.75) is 51.9 Å². The highest BCUT2D eigenvalue weighted by Gasteiger charge is 2.39. The molecule has 0 bridgehead atoms. The number of carbonyl (C=O) groups is 1. The van der Waals surface area contributed by atoms with Crippen molar-refractivity contribution in [1.29, 1.82) is 0 Å². The maximum atomic E-state index is 11.9. The summed E-state index contributed by atoms with van der Waals surface area (Å²) in [6, 6.07) is 0.192. The van der Waals surface area contributed by atoms with E-state index >= 15 is 0 Å². The molecule has 0 aromatic carbocycles. The summed E-state index contributed by atoms with van der Waals surface area (Å²) in [4.78, 5) is 13.9. The van der Waals surface area contributed by atoms with E-state index in [1.54, 1.807) is 0 Å². The van der Waals surface area contributed by atoms with Gasteiger partial charge in [0.25, 0.3) is 0 Å². The third-order valence-electron chi connectivity index (χ3n) is 3.62.